The molecule has 0 unspecified atom stereocenters. The third-order valence-electron chi connectivity index (χ3n) is 4.20. The molecule has 2 aromatic carbocycles. The van der Waals surface area contributed by atoms with Crippen molar-refractivity contribution in [1.82, 2.24) is 9.78 Å². The maximum absolute atomic E-state index is 12.7. The van der Waals surface area contributed by atoms with Crippen molar-refractivity contribution in [3.05, 3.63) is 64.6 Å². The molecule has 0 fully saturated rings. The summed E-state index contributed by atoms with van der Waals surface area (Å²) in [6.07, 6.45) is 0. The Balaban J connectivity index is 2.04. The zero-order valence-electron chi connectivity index (χ0n) is 15.7. The van der Waals surface area contributed by atoms with Crippen LogP contribution in [0.15, 0.2) is 68.4 Å². The number of aromatic nitrogens is 2. The lowest BCUT2D eigenvalue weighted by Gasteiger charge is -2.06. The molecule has 1 aromatic heterocycles. The number of para-hydroxylation sites is 1. The fraction of sp³-hybridized carbons (Fsp3) is 0.211. The van der Waals surface area contributed by atoms with Crippen molar-refractivity contribution in [2.45, 2.75) is 18.7 Å². The van der Waals surface area contributed by atoms with E-state index in [0.29, 0.717) is 17.1 Å². The van der Waals surface area contributed by atoms with E-state index >= 15 is 0 Å². The lowest BCUT2D eigenvalue weighted by molar-refractivity contribution is 0.415. The maximum atomic E-state index is 12.7. The van der Waals surface area contributed by atoms with E-state index in [1.165, 1.54) is 30.0 Å². The molecule has 8 nitrogen and oxygen atoms in total. The minimum Gasteiger partial charge on any atom is -0.494 e. The topological polar surface area (TPSA) is 106 Å². The summed E-state index contributed by atoms with van der Waals surface area (Å²) >= 11 is 0. The van der Waals surface area contributed by atoms with E-state index in [1.807, 2.05) is 18.2 Å². The van der Waals surface area contributed by atoms with E-state index in [9.17, 15) is 13.2 Å². The van der Waals surface area contributed by atoms with Gasteiger partial charge in [0.2, 0.25) is 0 Å². The molecule has 0 atom stereocenters. The zero-order chi connectivity index (χ0) is 20.3. The summed E-state index contributed by atoms with van der Waals surface area (Å²) in [5, 5.41) is 11.1. The van der Waals surface area contributed by atoms with Crippen LogP contribution >= 0.6 is 0 Å². The predicted molar refractivity (Wildman–Crippen MR) is 106 cm³/mol. The Kier molecular flexibility index (Phi) is 5.46. The summed E-state index contributed by atoms with van der Waals surface area (Å²) in [5.41, 5.74) is 1.21. The number of ether oxygens (including phenoxy) is 1. The van der Waals surface area contributed by atoms with Crippen LogP contribution in [0.4, 0.5) is 11.4 Å². The fourth-order valence-electron chi connectivity index (χ4n) is 2.63. The second kappa shape index (κ2) is 7.81. The smallest absolute Gasteiger partial charge is 0.299 e. The Morgan fingerprint density at radius 2 is 1.82 bits per heavy atom. The van der Waals surface area contributed by atoms with Gasteiger partial charge < -0.3 is 4.74 Å². The average Bonchev–Trinajstić information content (AvgIpc) is 3.00. The van der Waals surface area contributed by atoms with Gasteiger partial charge >= 0.3 is 0 Å². The third kappa shape index (κ3) is 3.74. The van der Waals surface area contributed by atoms with Crippen LogP contribution in [0.1, 0.15) is 12.6 Å². The highest BCUT2D eigenvalue weighted by Crippen LogP contribution is 2.32. The number of benzene rings is 2. The third-order valence-corrected chi connectivity index (χ3v) is 5.93. The fourth-order valence-corrected chi connectivity index (χ4v) is 3.53. The number of aromatic amines is 1. The molecule has 3 aromatic rings. The molecule has 146 valence electrons. The Bertz CT molecular complexity index is 1180. The molecule has 28 heavy (non-hydrogen) atoms. The van der Waals surface area contributed by atoms with Gasteiger partial charge in [-0.2, -0.15) is 0 Å². The Hall–Kier alpha value is -3.20. The predicted octanol–water partition coefficient (Wildman–Crippen LogP) is 3.69. The zero-order valence-corrected chi connectivity index (χ0v) is 16.5. The van der Waals surface area contributed by atoms with Gasteiger partial charge in [-0.15, -0.1) is 10.2 Å². The Morgan fingerprint density at radius 3 is 2.46 bits per heavy atom. The molecule has 0 radical (unpaired) electrons. The number of H-pyrrole nitrogens is 1. The molecular formula is C19H20N4O4S. The van der Waals surface area contributed by atoms with Crippen LogP contribution < -0.4 is 10.3 Å². The molecule has 0 aliphatic rings. The van der Waals surface area contributed by atoms with Crippen LogP contribution in [0.2, 0.25) is 0 Å². The maximum Gasteiger partial charge on any atom is 0.299 e. The summed E-state index contributed by atoms with van der Waals surface area (Å²) in [4.78, 5) is 12.8. The van der Waals surface area contributed by atoms with E-state index in [2.05, 4.69) is 15.3 Å². The van der Waals surface area contributed by atoms with Crippen LogP contribution in [-0.4, -0.2) is 31.1 Å². The van der Waals surface area contributed by atoms with Crippen molar-refractivity contribution >= 4 is 21.2 Å². The number of nitrogens with zero attached hydrogens (tertiary/aromatic N) is 3. The van der Waals surface area contributed by atoms with E-state index in [-0.39, 0.29) is 27.6 Å². The highest BCUT2D eigenvalue weighted by molar-refractivity contribution is 7.91. The lowest BCUT2D eigenvalue weighted by atomic mass is 10.3. The number of azo groups is 1. The highest BCUT2D eigenvalue weighted by atomic mass is 32.2. The number of aryl methyl sites for hydroxylation is 1. The standard InChI is InChI=1S/C19H20N4O4S/c1-4-28(25,26)15-10-11-17(27-3)16(12-15)20-21-18-13(2)22-23(19(18)24)14-8-6-5-7-9-14/h5-12,22H,4H2,1-3H3. The first-order valence-corrected chi connectivity index (χ1v) is 10.2. The van der Waals surface area contributed by atoms with E-state index in [0.717, 1.165) is 0 Å². The van der Waals surface area contributed by atoms with Gasteiger partial charge in [-0.1, -0.05) is 25.1 Å². The van der Waals surface area contributed by atoms with Crippen LogP contribution in [0.3, 0.4) is 0 Å². The number of hydrogen-bond acceptors (Lipinski definition) is 6. The molecule has 0 aliphatic heterocycles. The normalized spacial score (nSPS) is 11.8. The largest absolute Gasteiger partial charge is 0.494 e. The molecule has 3 rings (SSSR count). The van der Waals surface area contributed by atoms with Gasteiger partial charge in [0.05, 0.1) is 29.1 Å². The number of methoxy groups -OCH3 is 1. The molecule has 1 heterocycles. The Morgan fingerprint density at radius 1 is 1.11 bits per heavy atom. The molecule has 0 saturated heterocycles. The van der Waals surface area contributed by atoms with Crippen LogP contribution in [0, 0.1) is 6.92 Å². The molecule has 1 N–H and O–H groups in total. The summed E-state index contributed by atoms with van der Waals surface area (Å²) in [6, 6.07) is 13.4. The van der Waals surface area contributed by atoms with Gasteiger partial charge in [0.25, 0.3) is 5.56 Å². The quantitative estimate of drug-likeness (QED) is 0.637. The molecule has 0 bridgehead atoms. The van der Waals surface area contributed by atoms with Crippen molar-refractivity contribution < 1.29 is 13.2 Å². The minimum atomic E-state index is -3.41. The lowest BCUT2D eigenvalue weighted by Crippen LogP contribution is -2.13. The van der Waals surface area contributed by atoms with Gasteiger partial charge in [0, 0.05) is 0 Å². The van der Waals surface area contributed by atoms with E-state index in [1.54, 1.807) is 26.0 Å². The first-order chi connectivity index (χ1) is 13.4. The number of nitrogens with one attached hydrogen (secondary N) is 1. The van der Waals surface area contributed by atoms with Crippen LogP contribution in [-0.2, 0) is 9.84 Å². The monoisotopic (exact) mass is 400 g/mol. The van der Waals surface area contributed by atoms with Gasteiger partial charge in [-0.05, 0) is 37.3 Å². The first-order valence-electron chi connectivity index (χ1n) is 8.57. The van der Waals surface area contributed by atoms with Gasteiger partial charge in [-0.3, -0.25) is 9.89 Å². The number of rotatable bonds is 6. The summed E-state index contributed by atoms with van der Waals surface area (Å²) in [6.45, 7) is 3.28. The SMILES string of the molecule is CCS(=O)(=O)c1ccc(OC)c(N=Nc2c(C)[nH]n(-c3ccccc3)c2=O)c1. The minimum absolute atomic E-state index is 0.0331. The van der Waals surface area contributed by atoms with Crippen molar-refractivity contribution in [1.29, 1.82) is 0 Å². The second-order valence-corrected chi connectivity index (χ2v) is 8.28. The highest BCUT2D eigenvalue weighted by Gasteiger charge is 2.16. The van der Waals surface area contributed by atoms with E-state index < -0.39 is 9.84 Å². The summed E-state index contributed by atoms with van der Waals surface area (Å²) in [7, 11) is -1.96. The average molecular weight is 400 g/mol. The summed E-state index contributed by atoms with van der Waals surface area (Å²) < 4.78 is 30.9. The first kappa shape index (κ1) is 19.6. The molecule has 0 amide bonds. The van der Waals surface area contributed by atoms with Crippen LogP contribution in [0.5, 0.6) is 5.75 Å². The van der Waals surface area contributed by atoms with Gasteiger partial charge in [0.1, 0.15) is 11.4 Å². The molecular weight excluding hydrogens is 380 g/mol. The van der Waals surface area contributed by atoms with Crippen molar-refractivity contribution in [3.63, 3.8) is 0 Å². The molecule has 0 aliphatic carbocycles. The number of hydrogen-bond donors (Lipinski definition) is 1. The van der Waals surface area contributed by atoms with E-state index in [4.69, 9.17) is 4.74 Å². The molecule has 0 spiro atoms. The van der Waals surface area contributed by atoms with Crippen molar-refractivity contribution in [2.75, 3.05) is 12.9 Å². The van der Waals surface area contributed by atoms with Gasteiger partial charge in [0.15, 0.2) is 15.5 Å². The van der Waals surface area contributed by atoms with Crippen LogP contribution in [0.25, 0.3) is 5.69 Å². The summed E-state index contributed by atoms with van der Waals surface area (Å²) in [5.74, 6) is 0.324. The second-order valence-electron chi connectivity index (χ2n) is 6.00. The molecule has 9 heteroatoms. The number of sulfone groups is 1. The van der Waals surface area contributed by atoms with Crippen molar-refractivity contribution in [3.8, 4) is 11.4 Å². The van der Waals surface area contributed by atoms with Gasteiger partial charge in [-0.25, -0.2) is 13.1 Å². The molecule has 0 saturated carbocycles. The Labute approximate surface area is 162 Å². The van der Waals surface area contributed by atoms with Crippen molar-refractivity contribution in [2.24, 2.45) is 10.2 Å².